The fraction of sp³-hybridized carbons (Fsp3) is 0.722. The Bertz CT molecular complexity index is 391. The van der Waals surface area contributed by atoms with Crippen LogP contribution in [-0.4, -0.2) is 11.2 Å². The Morgan fingerprint density at radius 3 is 2.36 bits per heavy atom. The molecule has 0 aliphatic rings. The van der Waals surface area contributed by atoms with Gasteiger partial charge in [-0.05, 0) is 31.8 Å². The summed E-state index contributed by atoms with van der Waals surface area (Å²) in [6.45, 7) is 2.14. The fourth-order valence-corrected chi connectivity index (χ4v) is 2.06. The summed E-state index contributed by atoms with van der Waals surface area (Å²) >= 11 is 0. The largest absolute Gasteiger partial charge is 0.291 e. The molecule has 0 aromatic carbocycles. The standard InChI is InChI=1S/C18H28NO3/c1-2-3-4-5-9-12-15-18(19(21)22)16-13-10-7-6-8-11-14-17-20/h16H,2-8,10-11,13-15H2,1H3/b18-16-. The molecule has 22 heavy (non-hydrogen) atoms. The van der Waals surface area contributed by atoms with Crippen LogP contribution in [0.5, 0.6) is 0 Å². The number of carbonyl (C=O) groups excluding carboxylic acids is 1. The van der Waals surface area contributed by atoms with Crippen molar-refractivity contribution in [3.8, 4) is 11.8 Å². The highest BCUT2D eigenvalue weighted by Crippen LogP contribution is 2.10. The Morgan fingerprint density at radius 2 is 1.68 bits per heavy atom. The van der Waals surface area contributed by atoms with Crippen LogP contribution < -0.4 is 0 Å². The van der Waals surface area contributed by atoms with Crippen LogP contribution in [0.25, 0.3) is 0 Å². The normalized spacial score (nSPS) is 10.9. The molecule has 4 heteroatoms. The highest BCUT2D eigenvalue weighted by molar-refractivity contribution is 5.50. The SMILES string of the molecule is CCCCCC#CC/C(=C/CCCCCCC[C]=O)[N+](=O)[O-]. The molecule has 0 aliphatic carbocycles. The minimum atomic E-state index is -0.319. The predicted molar refractivity (Wildman–Crippen MR) is 89.6 cm³/mol. The third kappa shape index (κ3) is 13.4. The molecule has 0 saturated carbocycles. The molecule has 4 nitrogen and oxygen atoms in total. The highest BCUT2D eigenvalue weighted by atomic mass is 16.6. The van der Waals surface area contributed by atoms with E-state index < -0.39 is 0 Å². The zero-order chi connectivity index (χ0) is 16.5. The monoisotopic (exact) mass is 306 g/mol. The summed E-state index contributed by atoms with van der Waals surface area (Å²) in [5.41, 5.74) is 0.221. The van der Waals surface area contributed by atoms with Crippen LogP contribution in [0.4, 0.5) is 0 Å². The second-order valence-corrected chi connectivity index (χ2v) is 5.39. The lowest BCUT2D eigenvalue weighted by molar-refractivity contribution is -0.426. The molecular weight excluding hydrogens is 278 g/mol. The number of nitrogens with zero attached hydrogens (tertiary/aromatic N) is 1. The molecular formula is C18H28NO3. The van der Waals surface area contributed by atoms with E-state index in [2.05, 4.69) is 18.8 Å². The van der Waals surface area contributed by atoms with Crippen molar-refractivity contribution in [3.05, 3.63) is 21.9 Å². The van der Waals surface area contributed by atoms with Crippen molar-refractivity contribution in [2.75, 3.05) is 0 Å². The second kappa shape index (κ2) is 15.8. The molecule has 0 unspecified atom stereocenters. The van der Waals surface area contributed by atoms with Crippen molar-refractivity contribution >= 4 is 6.29 Å². The third-order valence-electron chi connectivity index (χ3n) is 3.40. The first kappa shape index (κ1) is 20.4. The van der Waals surface area contributed by atoms with E-state index in [0.29, 0.717) is 6.42 Å². The van der Waals surface area contributed by atoms with Crippen molar-refractivity contribution in [2.24, 2.45) is 0 Å². The topological polar surface area (TPSA) is 60.2 Å². The lowest BCUT2D eigenvalue weighted by atomic mass is 10.1. The minimum Gasteiger partial charge on any atom is -0.291 e. The summed E-state index contributed by atoms with van der Waals surface area (Å²) in [6, 6.07) is 0. The van der Waals surface area contributed by atoms with Crippen molar-refractivity contribution in [2.45, 2.75) is 84.0 Å². The van der Waals surface area contributed by atoms with E-state index in [1.807, 2.05) is 6.29 Å². The van der Waals surface area contributed by atoms with E-state index in [-0.39, 0.29) is 17.0 Å². The molecule has 0 rings (SSSR count). The number of hydrogen-bond donors (Lipinski definition) is 0. The van der Waals surface area contributed by atoms with Crippen LogP contribution in [0.1, 0.15) is 84.0 Å². The summed E-state index contributed by atoms with van der Waals surface area (Å²) < 4.78 is 0. The van der Waals surface area contributed by atoms with Gasteiger partial charge in [0.2, 0.25) is 0 Å². The van der Waals surface area contributed by atoms with Crippen molar-refractivity contribution in [1.29, 1.82) is 0 Å². The van der Waals surface area contributed by atoms with Gasteiger partial charge in [-0.1, -0.05) is 44.9 Å². The van der Waals surface area contributed by atoms with Gasteiger partial charge in [0.1, 0.15) is 0 Å². The first-order chi connectivity index (χ1) is 10.7. The number of allylic oxidation sites excluding steroid dienone is 2. The Morgan fingerprint density at radius 1 is 1.00 bits per heavy atom. The third-order valence-corrected chi connectivity index (χ3v) is 3.40. The van der Waals surface area contributed by atoms with Gasteiger partial charge >= 0.3 is 0 Å². The van der Waals surface area contributed by atoms with E-state index in [9.17, 15) is 14.9 Å². The van der Waals surface area contributed by atoms with E-state index >= 15 is 0 Å². The van der Waals surface area contributed by atoms with Crippen LogP contribution in [0, 0.1) is 22.0 Å². The molecule has 0 aromatic heterocycles. The van der Waals surface area contributed by atoms with Crippen molar-refractivity contribution in [1.82, 2.24) is 0 Å². The van der Waals surface area contributed by atoms with E-state index in [1.54, 1.807) is 6.08 Å². The Balaban J connectivity index is 3.86. The lowest BCUT2D eigenvalue weighted by Gasteiger charge is -1.98. The van der Waals surface area contributed by atoms with Gasteiger partial charge in [-0.25, -0.2) is 0 Å². The molecule has 0 N–H and O–H groups in total. The summed E-state index contributed by atoms with van der Waals surface area (Å²) in [4.78, 5) is 20.6. The van der Waals surface area contributed by atoms with Gasteiger partial charge in [-0.3, -0.25) is 14.9 Å². The molecule has 0 atom stereocenters. The summed E-state index contributed by atoms with van der Waals surface area (Å²) in [5.74, 6) is 5.91. The molecule has 0 saturated heterocycles. The Hall–Kier alpha value is -1.63. The van der Waals surface area contributed by atoms with Crippen molar-refractivity contribution < 1.29 is 9.72 Å². The maximum Gasteiger partial charge on any atom is 0.254 e. The van der Waals surface area contributed by atoms with Gasteiger partial charge in [-0.2, -0.15) is 0 Å². The number of nitro groups is 1. The quantitative estimate of drug-likeness (QED) is 0.209. The van der Waals surface area contributed by atoms with Gasteiger partial charge in [-0.15, -0.1) is 5.92 Å². The number of rotatable bonds is 13. The van der Waals surface area contributed by atoms with E-state index in [0.717, 1.165) is 64.2 Å². The van der Waals surface area contributed by atoms with E-state index in [1.165, 1.54) is 0 Å². The van der Waals surface area contributed by atoms with Gasteiger partial charge in [0.15, 0.2) is 6.29 Å². The molecule has 0 spiro atoms. The van der Waals surface area contributed by atoms with Crippen LogP contribution in [-0.2, 0) is 4.79 Å². The summed E-state index contributed by atoms with van der Waals surface area (Å²) in [7, 11) is 0. The maximum atomic E-state index is 10.9. The first-order valence-electron chi connectivity index (χ1n) is 8.36. The number of unbranched alkanes of at least 4 members (excludes halogenated alkanes) is 9. The zero-order valence-corrected chi connectivity index (χ0v) is 13.7. The molecule has 0 bridgehead atoms. The fourth-order valence-electron chi connectivity index (χ4n) is 2.06. The second-order valence-electron chi connectivity index (χ2n) is 5.39. The molecule has 0 heterocycles. The van der Waals surface area contributed by atoms with Gasteiger partial charge in [0.05, 0.1) is 11.3 Å². The van der Waals surface area contributed by atoms with Gasteiger partial charge in [0, 0.05) is 12.8 Å². The molecule has 123 valence electrons. The smallest absolute Gasteiger partial charge is 0.254 e. The average Bonchev–Trinajstić information content (AvgIpc) is 2.50. The Labute approximate surface area is 134 Å². The Kier molecular flexibility index (Phi) is 14.6. The van der Waals surface area contributed by atoms with Crippen LogP contribution in [0.15, 0.2) is 11.8 Å². The van der Waals surface area contributed by atoms with Crippen molar-refractivity contribution in [3.63, 3.8) is 0 Å². The average molecular weight is 306 g/mol. The van der Waals surface area contributed by atoms with E-state index in [4.69, 9.17) is 0 Å². The predicted octanol–water partition coefficient (Wildman–Crippen LogP) is 4.96. The lowest BCUT2D eigenvalue weighted by Crippen LogP contribution is -1.97. The van der Waals surface area contributed by atoms with Gasteiger partial charge in [0.25, 0.3) is 5.70 Å². The molecule has 1 radical (unpaired) electrons. The molecule has 0 aromatic rings. The van der Waals surface area contributed by atoms with Crippen LogP contribution >= 0.6 is 0 Å². The number of hydrogen-bond acceptors (Lipinski definition) is 3. The minimum absolute atomic E-state index is 0.221. The zero-order valence-electron chi connectivity index (χ0n) is 13.7. The first-order valence-corrected chi connectivity index (χ1v) is 8.36. The summed E-state index contributed by atoms with van der Waals surface area (Å²) in [6.07, 6.45) is 14.3. The van der Waals surface area contributed by atoms with Crippen LogP contribution in [0.2, 0.25) is 0 Å². The van der Waals surface area contributed by atoms with Gasteiger partial charge < -0.3 is 0 Å². The highest BCUT2D eigenvalue weighted by Gasteiger charge is 2.07. The molecule has 0 amide bonds. The molecule has 0 fully saturated rings. The summed E-state index contributed by atoms with van der Waals surface area (Å²) in [5, 5.41) is 10.9. The molecule has 0 aliphatic heterocycles. The van der Waals surface area contributed by atoms with Crippen LogP contribution in [0.3, 0.4) is 0 Å². The maximum absolute atomic E-state index is 10.9.